The normalized spacial score (nSPS) is 14.1. The summed E-state index contributed by atoms with van der Waals surface area (Å²) in [4.78, 5) is 23.5. The Morgan fingerprint density at radius 2 is 2.14 bits per heavy atom. The molecule has 7 nitrogen and oxygen atoms in total. The molecule has 8 heteroatoms. The SMILES string of the molecule is Nc1ccc(NC(=O)CSc2n[nH]c(=O)n2C2CC2)cc1. The molecule has 3 rings (SSSR count). The number of nitrogen functional groups attached to an aromatic ring is 1. The Labute approximate surface area is 124 Å². The number of nitrogens with zero attached hydrogens (tertiary/aromatic N) is 2. The van der Waals surface area contributed by atoms with Crippen molar-refractivity contribution in [1.29, 1.82) is 0 Å². The Hall–Kier alpha value is -2.22. The number of carbonyl (C=O) groups excluding carboxylic acids is 1. The molecule has 1 heterocycles. The summed E-state index contributed by atoms with van der Waals surface area (Å²) in [6.07, 6.45) is 1.98. The Balaban J connectivity index is 1.58. The maximum Gasteiger partial charge on any atom is 0.344 e. The molecule has 0 radical (unpaired) electrons. The number of aromatic amines is 1. The third kappa shape index (κ3) is 3.27. The second-order valence-electron chi connectivity index (χ2n) is 4.87. The van der Waals surface area contributed by atoms with E-state index in [0.29, 0.717) is 16.5 Å². The fourth-order valence-corrected chi connectivity index (χ4v) is 2.75. The summed E-state index contributed by atoms with van der Waals surface area (Å²) in [6, 6.07) is 7.17. The number of rotatable bonds is 5. The van der Waals surface area contributed by atoms with Crippen LogP contribution < -0.4 is 16.7 Å². The standard InChI is InChI=1S/C13H15N5O2S/c14-8-1-3-9(4-2-8)15-11(19)7-21-13-17-16-12(20)18(13)10-5-6-10/h1-4,10H,5-7,14H2,(H,15,19)(H,16,20). The van der Waals surface area contributed by atoms with Gasteiger partial charge in [-0.05, 0) is 37.1 Å². The molecule has 0 atom stereocenters. The maximum atomic E-state index is 11.9. The number of hydrogen-bond donors (Lipinski definition) is 3. The smallest absolute Gasteiger partial charge is 0.344 e. The first-order valence-electron chi connectivity index (χ1n) is 6.58. The zero-order valence-electron chi connectivity index (χ0n) is 11.2. The van der Waals surface area contributed by atoms with E-state index in [4.69, 9.17) is 5.73 Å². The molecular weight excluding hydrogens is 290 g/mol. The van der Waals surface area contributed by atoms with Crippen molar-refractivity contribution in [3.63, 3.8) is 0 Å². The summed E-state index contributed by atoms with van der Waals surface area (Å²) >= 11 is 1.25. The average molecular weight is 305 g/mol. The molecule has 1 aromatic carbocycles. The van der Waals surface area contributed by atoms with Gasteiger partial charge in [-0.3, -0.25) is 9.36 Å². The Kier molecular flexibility index (Phi) is 3.70. The largest absolute Gasteiger partial charge is 0.399 e. The van der Waals surface area contributed by atoms with Gasteiger partial charge >= 0.3 is 5.69 Å². The number of H-pyrrole nitrogens is 1. The predicted octanol–water partition coefficient (Wildman–Crippen LogP) is 1.22. The van der Waals surface area contributed by atoms with Crippen LogP contribution in [0.15, 0.2) is 34.2 Å². The van der Waals surface area contributed by atoms with Crippen molar-refractivity contribution in [2.24, 2.45) is 0 Å². The van der Waals surface area contributed by atoms with Gasteiger partial charge in [0.1, 0.15) is 0 Å². The number of anilines is 2. The lowest BCUT2D eigenvalue weighted by Gasteiger charge is -2.06. The first-order chi connectivity index (χ1) is 10.1. The Morgan fingerprint density at radius 3 is 2.81 bits per heavy atom. The predicted molar refractivity (Wildman–Crippen MR) is 81.3 cm³/mol. The van der Waals surface area contributed by atoms with E-state index in [0.717, 1.165) is 12.8 Å². The molecule has 1 aliphatic carbocycles. The van der Waals surface area contributed by atoms with Crippen LogP contribution in [0.5, 0.6) is 0 Å². The third-order valence-electron chi connectivity index (χ3n) is 3.11. The van der Waals surface area contributed by atoms with Gasteiger partial charge in [-0.15, -0.1) is 5.10 Å². The zero-order valence-corrected chi connectivity index (χ0v) is 12.0. The van der Waals surface area contributed by atoms with E-state index in [2.05, 4.69) is 15.5 Å². The molecule has 2 aromatic rings. The molecular formula is C13H15N5O2S. The monoisotopic (exact) mass is 305 g/mol. The molecule has 1 aliphatic rings. The van der Waals surface area contributed by atoms with E-state index in [1.807, 2.05) is 0 Å². The van der Waals surface area contributed by atoms with Crippen molar-refractivity contribution in [3.8, 4) is 0 Å². The molecule has 0 saturated heterocycles. The number of amides is 1. The lowest BCUT2D eigenvalue weighted by molar-refractivity contribution is -0.113. The number of hydrogen-bond acceptors (Lipinski definition) is 5. The van der Waals surface area contributed by atoms with Crippen LogP contribution >= 0.6 is 11.8 Å². The van der Waals surface area contributed by atoms with Crippen molar-refractivity contribution in [2.45, 2.75) is 24.0 Å². The van der Waals surface area contributed by atoms with Crippen molar-refractivity contribution in [1.82, 2.24) is 14.8 Å². The van der Waals surface area contributed by atoms with Gasteiger partial charge in [0.2, 0.25) is 5.91 Å². The Bertz CT molecular complexity index is 702. The lowest BCUT2D eigenvalue weighted by Crippen LogP contribution is -2.17. The summed E-state index contributed by atoms with van der Waals surface area (Å²) < 4.78 is 1.63. The number of nitrogens with two attached hydrogens (primary N) is 1. The average Bonchev–Trinajstić information content (AvgIpc) is 3.23. The van der Waals surface area contributed by atoms with Crippen LogP contribution in [0.4, 0.5) is 11.4 Å². The highest BCUT2D eigenvalue weighted by Crippen LogP contribution is 2.35. The van der Waals surface area contributed by atoms with E-state index < -0.39 is 0 Å². The number of benzene rings is 1. The van der Waals surface area contributed by atoms with Crippen LogP contribution in [-0.2, 0) is 4.79 Å². The highest BCUT2D eigenvalue weighted by Gasteiger charge is 2.28. The molecule has 4 N–H and O–H groups in total. The summed E-state index contributed by atoms with van der Waals surface area (Å²) in [6.45, 7) is 0. The first kappa shape index (κ1) is 13.7. The quantitative estimate of drug-likeness (QED) is 0.569. The van der Waals surface area contributed by atoms with Crippen LogP contribution in [0.25, 0.3) is 0 Å². The second kappa shape index (κ2) is 5.65. The van der Waals surface area contributed by atoms with Crippen LogP contribution in [0.2, 0.25) is 0 Å². The lowest BCUT2D eigenvalue weighted by atomic mass is 10.3. The van der Waals surface area contributed by atoms with E-state index in [1.54, 1.807) is 28.8 Å². The molecule has 0 unspecified atom stereocenters. The van der Waals surface area contributed by atoms with E-state index >= 15 is 0 Å². The summed E-state index contributed by atoms with van der Waals surface area (Å²) in [5, 5.41) is 9.72. The molecule has 21 heavy (non-hydrogen) atoms. The van der Waals surface area contributed by atoms with Gasteiger partial charge in [-0.2, -0.15) is 0 Å². The molecule has 0 spiro atoms. The van der Waals surface area contributed by atoms with Crippen LogP contribution in [0, 0.1) is 0 Å². The van der Waals surface area contributed by atoms with Gasteiger partial charge in [0.05, 0.1) is 5.75 Å². The van der Waals surface area contributed by atoms with Crippen molar-refractivity contribution >= 4 is 29.0 Å². The fourth-order valence-electron chi connectivity index (χ4n) is 1.94. The highest BCUT2D eigenvalue weighted by molar-refractivity contribution is 7.99. The zero-order chi connectivity index (χ0) is 14.8. The minimum Gasteiger partial charge on any atom is -0.399 e. The van der Waals surface area contributed by atoms with Gasteiger partial charge in [-0.1, -0.05) is 11.8 Å². The van der Waals surface area contributed by atoms with Gasteiger partial charge in [0, 0.05) is 17.4 Å². The first-order valence-corrected chi connectivity index (χ1v) is 7.57. The summed E-state index contributed by atoms with van der Waals surface area (Å²) in [5.74, 6) is 0.0454. The fraction of sp³-hybridized carbons (Fsp3) is 0.308. The van der Waals surface area contributed by atoms with E-state index in [9.17, 15) is 9.59 Å². The topological polar surface area (TPSA) is 106 Å². The van der Waals surface area contributed by atoms with Crippen LogP contribution in [0.1, 0.15) is 18.9 Å². The molecule has 1 aromatic heterocycles. The number of thioether (sulfide) groups is 1. The second-order valence-corrected chi connectivity index (χ2v) is 5.81. The third-order valence-corrected chi connectivity index (χ3v) is 4.06. The Morgan fingerprint density at radius 1 is 1.43 bits per heavy atom. The van der Waals surface area contributed by atoms with Gasteiger partial charge in [-0.25, -0.2) is 9.89 Å². The molecule has 1 saturated carbocycles. The molecule has 0 aliphatic heterocycles. The minimum atomic E-state index is -0.209. The van der Waals surface area contributed by atoms with Gasteiger partial charge < -0.3 is 11.1 Å². The summed E-state index contributed by atoms with van der Waals surface area (Å²) in [5.41, 5.74) is 6.71. The summed E-state index contributed by atoms with van der Waals surface area (Å²) in [7, 11) is 0. The minimum absolute atomic E-state index is 0.150. The van der Waals surface area contributed by atoms with Gasteiger partial charge in [0.25, 0.3) is 0 Å². The molecule has 1 fully saturated rings. The molecule has 1 amide bonds. The van der Waals surface area contributed by atoms with Crippen molar-refractivity contribution < 1.29 is 4.79 Å². The van der Waals surface area contributed by atoms with Crippen molar-refractivity contribution in [3.05, 3.63) is 34.7 Å². The van der Waals surface area contributed by atoms with Crippen LogP contribution in [0.3, 0.4) is 0 Å². The maximum absolute atomic E-state index is 11.9. The number of nitrogens with one attached hydrogen (secondary N) is 2. The molecule has 0 bridgehead atoms. The van der Waals surface area contributed by atoms with E-state index in [-0.39, 0.29) is 23.4 Å². The highest BCUT2D eigenvalue weighted by atomic mass is 32.2. The molecule has 110 valence electrons. The van der Waals surface area contributed by atoms with E-state index in [1.165, 1.54) is 11.8 Å². The van der Waals surface area contributed by atoms with Gasteiger partial charge in [0.15, 0.2) is 5.16 Å². The van der Waals surface area contributed by atoms with Crippen LogP contribution in [-0.4, -0.2) is 26.4 Å². The number of aromatic nitrogens is 3. The number of carbonyl (C=O) groups is 1. The van der Waals surface area contributed by atoms with Crippen molar-refractivity contribution in [2.75, 3.05) is 16.8 Å².